The van der Waals surface area contributed by atoms with Crippen LogP contribution in [0.3, 0.4) is 0 Å². The van der Waals surface area contributed by atoms with Crippen LogP contribution >= 0.6 is 0 Å². The van der Waals surface area contributed by atoms with E-state index in [0.29, 0.717) is 11.4 Å². The summed E-state index contributed by atoms with van der Waals surface area (Å²) in [4.78, 5) is 21.9. The van der Waals surface area contributed by atoms with E-state index >= 15 is 0 Å². The van der Waals surface area contributed by atoms with Crippen LogP contribution in [0.15, 0.2) is 72.8 Å². The quantitative estimate of drug-likeness (QED) is 0.168. The fraction of sp³-hybridized carbons (Fsp3) is 0.0714. The predicted octanol–water partition coefficient (Wildman–Crippen LogP) is 5.60. The van der Waals surface area contributed by atoms with Crippen molar-refractivity contribution in [3.8, 4) is 34.1 Å². The van der Waals surface area contributed by atoms with E-state index in [2.05, 4.69) is 11.8 Å². The van der Waals surface area contributed by atoms with Crippen LogP contribution in [-0.2, 0) is 0 Å². The SMILES string of the molecule is Nc1ccc2c(c1)-c1cc([N+](=O)[O-])ccc1C2C#CC1c2ccc(N)cc2-c2cc([N+](=O)[O-])ccc21. The zero-order chi connectivity index (χ0) is 25.1. The molecule has 4 aromatic rings. The largest absolute Gasteiger partial charge is 0.399 e. The third-order valence-electron chi connectivity index (χ3n) is 6.85. The van der Waals surface area contributed by atoms with Crippen molar-refractivity contribution >= 4 is 22.7 Å². The Labute approximate surface area is 205 Å². The fourth-order valence-electron chi connectivity index (χ4n) is 5.22. The minimum absolute atomic E-state index is 0.00793. The van der Waals surface area contributed by atoms with E-state index in [1.807, 2.05) is 24.3 Å². The van der Waals surface area contributed by atoms with Gasteiger partial charge >= 0.3 is 0 Å². The van der Waals surface area contributed by atoms with Crippen molar-refractivity contribution in [1.29, 1.82) is 0 Å². The first-order chi connectivity index (χ1) is 17.3. The molecular weight excluding hydrogens is 456 g/mol. The highest BCUT2D eigenvalue weighted by Gasteiger charge is 2.32. The zero-order valence-electron chi connectivity index (χ0n) is 18.8. The normalized spacial score (nSPS) is 16.2. The van der Waals surface area contributed by atoms with Crippen molar-refractivity contribution in [3.05, 3.63) is 115 Å². The molecule has 8 nitrogen and oxygen atoms in total. The number of nitrogen functional groups attached to an aromatic ring is 2. The van der Waals surface area contributed by atoms with Crippen LogP contribution in [0, 0.1) is 32.1 Å². The smallest absolute Gasteiger partial charge is 0.270 e. The third-order valence-corrected chi connectivity index (χ3v) is 6.85. The van der Waals surface area contributed by atoms with Gasteiger partial charge in [0.2, 0.25) is 0 Å². The number of nitro benzene ring substituents is 2. The first-order valence-corrected chi connectivity index (χ1v) is 11.2. The molecule has 2 aliphatic carbocycles. The zero-order valence-corrected chi connectivity index (χ0v) is 18.8. The highest BCUT2D eigenvalue weighted by molar-refractivity contribution is 5.86. The lowest BCUT2D eigenvalue weighted by atomic mass is 9.93. The molecule has 174 valence electrons. The van der Waals surface area contributed by atoms with Gasteiger partial charge in [-0.3, -0.25) is 20.2 Å². The molecule has 2 aliphatic rings. The van der Waals surface area contributed by atoms with Gasteiger partial charge in [0.1, 0.15) is 0 Å². The van der Waals surface area contributed by atoms with Crippen LogP contribution in [0.5, 0.6) is 0 Å². The van der Waals surface area contributed by atoms with Gasteiger partial charge < -0.3 is 11.5 Å². The lowest BCUT2D eigenvalue weighted by Crippen LogP contribution is -1.98. The van der Waals surface area contributed by atoms with Gasteiger partial charge in [0.25, 0.3) is 11.4 Å². The summed E-state index contributed by atoms with van der Waals surface area (Å²) in [6.45, 7) is 0. The van der Waals surface area contributed by atoms with Crippen molar-refractivity contribution in [2.24, 2.45) is 0 Å². The van der Waals surface area contributed by atoms with E-state index in [4.69, 9.17) is 11.5 Å². The summed E-state index contributed by atoms with van der Waals surface area (Å²) in [5, 5.41) is 22.8. The maximum absolute atomic E-state index is 11.4. The molecule has 6 rings (SSSR count). The molecule has 0 fully saturated rings. The second-order valence-electron chi connectivity index (χ2n) is 8.91. The monoisotopic (exact) mass is 474 g/mol. The number of fused-ring (bicyclic) bond motifs is 6. The Hall–Kier alpha value is -5.16. The second-order valence-corrected chi connectivity index (χ2v) is 8.91. The molecular formula is C28H18N4O4. The van der Waals surface area contributed by atoms with Gasteiger partial charge in [0.15, 0.2) is 0 Å². The van der Waals surface area contributed by atoms with Gasteiger partial charge in [0, 0.05) is 35.6 Å². The molecule has 0 spiro atoms. The number of anilines is 2. The number of rotatable bonds is 2. The molecule has 0 saturated heterocycles. The number of nitrogens with zero attached hydrogens (tertiary/aromatic N) is 2. The van der Waals surface area contributed by atoms with Crippen LogP contribution < -0.4 is 11.5 Å². The molecule has 2 unspecified atom stereocenters. The molecule has 0 radical (unpaired) electrons. The topological polar surface area (TPSA) is 138 Å². The minimum atomic E-state index is -0.414. The average Bonchev–Trinajstić information content (AvgIpc) is 3.33. The van der Waals surface area contributed by atoms with E-state index in [1.165, 1.54) is 12.1 Å². The summed E-state index contributed by atoms with van der Waals surface area (Å²) in [6.07, 6.45) is 0. The number of benzene rings is 4. The van der Waals surface area contributed by atoms with Gasteiger partial charge in [-0.15, -0.1) is 0 Å². The number of nitro groups is 2. The van der Waals surface area contributed by atoms with Gasteiger partial charge in [-0.25, -0.2) is 0 Å². The Morgan fingerprint density at radius 3 is 1.25 bits per heavy atom. The molecule has 4 N–H and O–H groups in total. The van der Waals surface area contributed by atoms with Crippen LogP contribution in [0.4, 0.5) is 22.7 Å². The third kappa shape index (κ3) is 3.18. The maximum Gasteiger partial charge on any atom is 0.270 e. The highest BCUT2D eigenvalue weighted by Crippen LogP contribution is 2.49. The maximum atomic E-state index is 11.4. The Morgan fingerprint density at radius 2 is 0.889 bits per heavy atom. The molecule has 2 atom stereocenters. The standard InChI is InChI=1S/C28H18N4O4/c29-15-1-5-21-19(23-7-3-17(31(33)34)13-27(23)25(21)11-15)9-10-20-22-6-2-16(30)12-26(22)28-14-18(32(35)36)4-8-24(20)28/h1-8,11-14,19-20H,29-30H2. The van der Waals surface area contributed by atoms with Crippen LogP contribution in [-0.4, -0.2) is 9.85 Å². The van der Waals surface area contributed by atoms with Crippen LogP contribution in [0.1, 0.15) is 34.1 Å². The Morgan fingerprint density at radius 1 is 0.556 bits per heavy atom. The molecule has 36 heavy (non-hydrogen) atoms. The van der Waals surface area contributed by atoms with Gasteiger partial charge in [-0.05, 0) is 80.9 Å². The summed E-state index contributed by atoms with van der Waals surface area (Å²) in [6, 6.07) is 20.7. The number of non-ortho nitro benzene ring substituents is 2. The summed E-state index contributed by atoms with van der Waals surface area (Å²) in [5.74, 6) is 6.23. The molecule has 0 bridgehead atoms. The predicted molar refractivity (Wildman–Crippen MR) is 137 cm³/mol. The Balaban J connectivity index is 1.50. The van der Waals surface area contributed by atoms with Crippen molar-refractivity contribution in [2.45, 2.75) is 11.8 Å². The van der Waals surface area contributed by atoms with E-state index in [-0.39, 0.29) is 23.2 Å². The molecule has 0 heterocycles. The molecule has 8 heteroatoms. The van der Waals surface area contributed by atoms with Crippen molar-refractivity contribution in [3.63, 3.8) is 0 Å². The van der Waals surface area contributed by atoms with Crippen molar-refractivity contribution < 1.29 is 9.85 Å². The Bertz CT molecular complexity index is 1580. The van der Waals surface area contributed by atoms with Crippen molar-refractivity contribution in [1.82, 2.24) is 0 Å². The highest BCUT2D eigenvalue weighted by atomic mass is 16.6. The van der Waals surface area contributed by atoms with E-state index in [1.54, 1.807) is 36.4 Å². The number of nitrogens with two attached hydrogens (primary N) is 2. The second kappa shape index (κ2) is 7.68. The lowest BCUT2D eigenvalue weighted by molar-refractivity contribution is -0.385. The lowest BCUT2D eigenvalue weighted by Gasteiger charge is -2.09. The molecule has 0 aromatic heterocycles. The van der Waals surface area contributed by atoms with Crippen LogP contribution in [0.2, 0.25) is 0 Å². The summed E-state index contributed by atoms with van der Waals surface area (Å²) >= 11 is 0. The summed E-state index contributed by atoms with van der Waals surface area (Å²) in [7, 11) is 0. The fourth-order valence-corrected chi connectivity index (χ4v) is 5.22. The van der Waals surface area contributed by atoms with Crippen molar-refractivity contribution in [2.75, 3.05) is 11.5 Å². The molecule has 4 aromatic carbocycles. The van der Waals surface area contributed by atoms with Gasteiger partial charge in [-0.2, -0.15) is 0 Å². The minimum Gasteiger partial charge on any atom is -0.399 e. The molecule has 0 aliphatic heterocycles. The summed E-state index contributed by atoms with van der Waals surface area (Å²) in [5.41, 5.74) is 20.0. The van der Waals surface area contributed by atoms with E-state index < -0.39 is 9.85 Å². The van der Waals surface area contributed by atoms with E-state index in [0.717, 1.165) is 44.5 Å². The molecule has 0 amide bonds. The first-order valence-electron chi connectivity index (χ1n) is 11.2. The summed E-state index contributed by atoms with van der Waals surface area (Å²) < 4.78 is 0. The van der Waals surface area contributed by atoms with Crippen LogP contribution in [0.25, 0.3) is 22.3 Å². The van der Waals surface area contributed by atoms with E-state index in [9.17, 15) is 20.2 Å². The Kier molecular flexibility index (Phi) is 4.56. The van der Waals surface area contributed by atoms with Gasteiger partial charge in [0.05, 0.1) is 21.7 Å². The average molecular weight is 474 g/mol. The molecule has 0 saturated carbocycles. The first kappa shape index (κ1) is 21.4. The van der Waals surface area contributed by atoms with Gasteiger partial charge in [-0.1, -0.05) is 24.0 Å². The number of hydrogen-bond acceptors (Lipinski definition) is 6. The number of hydrogen-bond donors (Lipinski definition) is 2.